The molecule has 0 aliphatic rings. The number of rotatable bonds is 8. The average Bonchev–Trinajstić information content (AvgIpc) is 2.45. The van der Waals surface area contributed by atoms with Gasteiger partial charge in [0, 0.05) is 19.6 Å². The molecule has 5 nitrogen and oxygen atoms in total. The molecule has 0 bridgehead atoms. The minimum atomic E-state index is -0.182. The fourth-order valence-electron chi connectivity index (χ4n) is 1.73. The summed E-state index contributed by atoms with van der Waals surface area (Å²) in [7, 11) is 0. The second-order valence-corrected chi connectivity index (χ2v) is 4.53. The molecule has 3 N–H and O–H groups in total. The molecule has 110 valence electrons. The van der Waals surface area contributed by atoms with Crippen LogP contribution in [0.2, 0.25) is 0 Å². The highest BCUT2D eigenvalue weighted by Crippen LogP contribution is 2.15. The zero-order valence-corrected chi connectivity index (χ0v) is 11.8. The molecule has 0 radical (unpaired) electrons. The van der Waals surface area contributed by atoms with E-state index >= 15 is 0 Å². The largest absolute Gasteiger partial charge is 0.396 e. The van der Waals surface area contributed by atoms with E-state index in [4.69, 9.17) is 5.11 Å². The Morgan fingerprint density at radius 1 is 1.20 bits per heavy atom. The first-order valence-corrected chi connectivity index (χ1v) is 6.97. The van der Waals surface area contributed by atoms with Crippen molar-refractivity contribution in [1.29, 1.82) is 0 Å². The van der Waals surface area contributed by atoms with Gasteiger partial charge in [0.15, 0.2) is 0 Å². The number of anilines is 1. The molecule has 0 aliphatic heterocycles. The minimum absolute atomic E-state index is 0.0866. The van der Waals surface area contributed by atoms with Crippen molar-refractivity contribution >= 4 is 17.5 Å². The molecular weight excluding hydrogens is 256 g/mol. The fourth-order valence-corrected chi connectivity index (χ4v) is 1.73. The Bertz CT molecular complexity index is 446. The highest BCUT2D eigenvalue weighted by atomic mass is 16.3. The zero-order chi connectivity index (χ0) is 14.8. The molecule has 2 amide bonds. The van der Waals surface area contributed by atoms with E-state index in [2.05, 4.69) is 10.6 Å². The molecule has 1 aromatic rings. The molecule has 0 aliphatic carbocycles. The Balaban J connectivity index is 2.65. The third kappa shape index (κ3) is 5.40. The lowest BCUT2D eigenvalue weighted by Crippen LogP contribution is -2.25. The summed E-state index contributed by atoms with van der Waals surface area (Å²) in [6.07, 6.45) is 2.44. The maximum absolute atomic E-state index is 12.0. The van der Waals surface area contributed by atoms with Crippen molar-refractivity contribution in [3.05, 3.63) is 29.8 Å². The van der Waals surface area contributed by atoms with Crippen LogP contribution in [0, 0.1) is 0 Å². The number of hydrogen-bond acceptors (Lipinski definition) is 3. The smallest absolute Gasteiger partial charge is 0.253 e. The summed E-state index contributed by atoms with van der Waals surface area (Å²) < 4.78 is 0. The van der Waals surface area contributed by atoms with Crippen LogP contribution in [0.4, 0.5) is 5.69 Å². The standard InChI is InChI=1S/C15H22N2O3/c1-2-10-16-15(20)12-7-3-4-8-13(12)17-14(19)9-5-6-11-18/h3-4,7-8,18H,2,5-6,9-11H2,1H3,(H,16,20)(H,17,19). The summed E-state index contributed by atoms with van der Waals surface area (Å²) in [5, 5.41) is 14.2. The van der Waals surface area contributed by atoms with Crippen molar-refractivity contribution in [3.8, 4) is 0 Å². The van der Waals surface area contributed by atoms with Gasteiger partial charge in [0.1, 0.15) is 0 Å². The van der Waals surface area contributed by atoms with Crippen molar-refractivity contribution in [1.82, 2.24) is 5.32 Å². The lowest BCUT2D eigenvalue weighted by Gasteiger charge is -2.11. The number of carbonyl (C=O) groups is 2. The van der Waals surface area contributed by atoms with Crippen LogP contribution in [0.3, 0.4) is 0 Å². The number of para-hydroxylation sites is 1. The number of amides is 2. The Morgan fingerprint density at radius 2 is 1.95 bits per heavy atom. The molecule has 0 heterocycles. The van der Waals surface area contributed by atoms with Crippen molar-refractivity contribution < 1.29 is 14.7 Å². The van der Waals surface area contributed by atoms with Crippen LogP contribution < -0.4 is 10.6 Å². The molecule has 0 spiro atoms. The van der Waals surface area contributed by atoms with Gasteiger partial charge in [-0.05, 0) is 31.4 Å². The third-order valence-corrected chi connectivity index (χ3v) is 2.79. The number of hydrogen-bond donors (Lipinski definition) is 3. The van der Waals surface area contributed by atoms with Crippen LogP contribution in [0.5, 0.6) is 0 Å². The summed E-state index contributed by atoms with van der Waals surface area (Å²) >= 11 is 0. The van der Waals surface area contributed by atoms with Crippen molar-refractivity contribution in [2.45, 2.75) is 32.6 Å². The first-order valence-electron chi connectivity index (χ1n) is 6.97. The van der Waals surface area contributed by atoms with Crippen molar-refractivity contribution in [3.63, 3.8) is 0 Å². The molecule has 0 saturated heterocycles. The Labute approximate surface area is 119 Å². The molecular formula is C15H22N2O3. The fraction of sp³-hybridized carbons (Fsp3) is 0.467. The van der Waals surface area contributed by atoms with Crippen LogP contribution in [0.25, 0.3) is 0 Å². The number of benzene rings is 1. The highest BCUT2D eigenvalue weighted by Gasteiger charge is 2.12. The van der Waals surface area contributed by atoms with E-state index in [1.54, 1.807) is 24.3 Å². The number of nitrogens with one attached hydrogen (secondary N) is 2. The van der Waals surface area contributed by atoms with E-state index in [9.17, 15) is 9.59 Å². The maximum Gasteiger partial charge on any atom is 0.253 e. The number of carbonyl (C=O) groups excluding carboxylic acids is 2. The third-order valence-electron chi connectivity index (χ3n) is 2.79. The first-order chi connectivity index (χ1) is 9.69. The summed E-state index contributed by atoms with van der Waals surface area (Å²) in [4.78, 5) is 23.7. The van der Waals surface area contributed by atoms with Gasteiger partial charge >= 0.3 is 0 Å². The van der Waals surface area contributed by atoms with Crippen molar-refractivity contribution in [2.75, 3.05) is 18.5 Å². The van der Waals surface area contributed by atoms with Crippen LogP contribution in [0.1, 0.15) is 43.0 Å². The topological polar surface area (TPSA) is 78.4 Å². The number of aliphatic hydroxyl groups is 1. The Morgan fingerprint density at radius 3 is 2.65 bits per heavy atom. The molecule has 20 heavy (non-hydrogen) atoms. The van der Waals surface area contributed by atoms with E-state index in [-0.39, 0.29) is 18.4 Å². The maximum atomic E-state index is 12.0. The van der Waals surface area contributed by atoms with Crippen LogP contribution in [0.15, 0.2) is 24.3 Å². The predicted octanol–water partition coefficient (Wildman–Crippen LogP) is 1.93. The molecule has 1 aromatic carbocycles. The van der Waals surface area contributed by atoms with Crippen LogP contribution >= 0.6 is 0 Å². The lowest BCUT2D eigenvalue weighted by molar-refractivity contribution is -0.116. The van der Waals surface area contributed by atoms with Gasteiger partial charge in [-0.25, -0.2) is 0 Å². The summed E-state index contributed by atoms with van der Waals surface area (Å²) in [6, 6.07) is 6.95. The van der Waals surface area contributed by atoms with Gasteiger partial charge in [-0.15, -0.1) is 0 Å². The van der Waals surface area contributed by atoms with Gasteiger partial charge in [0.25, 0.3) is 5.91 Å². The molecule has 0 unspecified atom stereocenters. The lowest BCUT2D eigenvalue weighted by atomic mass is 10.1. The minimum Gasteiger partial charge on any atom is -0.396 e. The van der Waals surface area contributed by atoms with Gasteiger partial charge < -0.3 is 15.7 Å². The summed E-state index contributed by atoms with van der Waals surface area (Å²) in [5.41, 5.74) is 0.992. The first kappa shape index (κ1) is 16.2. The Kier molecular flexibility index (Phi) is 7.35. The Hall–Kier alpha value is -1.88. The summed E-state index contributed by atoms with van der Waals surface area (Å²) in [5.74, 6) is -0.327. The SMILES string of the molecule is CCCNC(=O)c1ccccc1NC(=O)CCCCO. The normalized spacial score (nSPS) is 10.1. The van der Waals surface area contributed by atoms with Gasteiger partial charge in [0.05, 0.1) is 11.3 Å². The van der Waals surface area contributed by atoms with E-state index in [1.807, 2.05) is 6.92 Å². The monoisotopic (exact) mass is 278 g/mol. The second kappa shape index (κ2) is 9.09. The van der Waals surface area contributed by atoms with Crippen molar-refractivity contribution in [2.24, 2.45) is 0 Å². The zero-order valence-electron chi connectivity index (χ0n) is 11.8. The molecule has 0 saturated carbocycles. The highest BCUT2D eigenvalue weighted by molar-refractivity contribution is 6.03. The van der Waals surface area contributed by atoms with Crippen LogP contribution in [-0.2, 0) is 4.79 Å². The molecule has 1 rings (SSSR count). The second-order valence-electron chi connectivity index (χ2n) is 4.53. The van der Waals surface area contributed by atoms with E-state index < -0.39 is 0 Å². The van der Waals surface area contributed by atoms with Gasteiger partial charge in [0.2, 0.25) is 5.91 Å². The van der Waals surface area contributed by atoms with Gasteiger partial charge in [-0.3, -0.25) is 9.59 Å². The molecule has 5 heteroatoms. The molecule has 0 aromatic heterocycles. The van der Waals surface area contributed by atoms with E-state index in [1.165, 1.54) is 0 Å². The van der Waals surface area contributed by atoms with Crippen LogP contribution in [-0.4, -0.2) is 30.1 Å². The summed E-state index contributed by atoms with van der Waals surface area (Å²) in [6.45, 7) is 2.68. The van der Waals surface area contributed by atoms with E-state index in [0.717, 1.165) is 6.42 Å². The average molecular weight is 278 g/mol. The quantitative estimate of drug-likeness (QED) is 0.636. The predicted molar refractivity (Wildman–Crippen MR) is 78.6 cm³/mol. The van der Waals surface area contributed by atoms with E-state index in [0.29, 0.717) is 37.1 Å². The van der Waals surface area contributed by atoms with Gasteiger partial charge in [-0.2, -0.15) is 0 Å². The number of aliphatic hydroxyl groups excluding tert-OH is 1. The molecule has 0 fully saturated rings. The van der Waals surface area contributed by atoms with Gasteiger partial charge in [-0.1, -0.05) is 19.1 Å². The molecule has 0 atom stereocenters. The number of unbranched alkanes of at least 4 members (excludes halogenated alkanes) is 1.